The maximum atomic E-state index is 13.3. The molecular formula is C20H12ClN3O4. The molecule has 1 amide bonds. The SMILES string of the molecule is Cc1cc(N2C(=O)c3oc4ccc(Cl)cc4c(=O)c3[C@H]2c2ccccn2)no1. The third kappa shape index (κ3) is 2.36. The highest BCUT2D eigenvalue weighted by Crippen LogP contribution is 2.40. The molecule has 1 aromatic carbocycles. The van der Waals surface area contributed by atoms with Gasteiger partial charge in [0.25, 0.3) is 5.91 Å². The Morgan fingerprint density at radius 1 is 1.14 bits per heavy atom. The van der Waals surface area contributed by atoms with Crippen LogP contribution in [0.1, 0.15) is 33.6 Å². The molecule has 4 heterocycles. The van der Waals surface area contributed by atoms with Gasteiger partial charge in [0.15, 0.2) is 11.2 Å². The van der Waals surface area contributed by atoms with Gasteiger partial charge in [-0.05, 0) is 37.3 Å². The number of carbonyl (C=O) groups excluding carboxylic acids is 1. The molecule has 1 aliphatic rings. The van der Waals surface area contributed by atoms with E-state index >= 15 is 0 Å². The van der Waals surface area contributed by atoms with Crippen LogP contribution in [0.15, 0.2) is 62.4 Å². The van der Waals surface area contributed by atoms with Gasteiger partial charge in [-0.25, -0.2) is 0 Å². The number of hydrogen-bond donors (Lipinski definition) is 0. The van der Waals surface area contributed by atoms with E-state index in [1.54, 1.807) is 49.5 Å². The molecule has 0 saturated heterocycles. The summed E-state index contributed by atoms with van der Waals surface area (Å²) in [5.41, 5.74) is 0.688. The number of fused-ring (bicyclic) bond motifs is 2. The molecule has 0 bridgehead atoms. The van der Waals surface area contributed by atoms with E-state index in [0.29, 0.717) is 27.4 Å². The Kier molecular flexibility index (Phi) is 3.60. The summed E-state index contributed by atoms with van der Waals surface area (Å²) in [6.45, 7) is 1.72. The van der Waals surface area contributed by atoms with Crippen molar-refractivity contribution in [3.63, 3.8) is 0 Å². The lowest BCUT2D eigenvalue weighted by molar-refractivity contribution is 0.0969. The smallest absolute Gasteiger partial charge is 0.296 e. The minimum atomic E-state index is -0.784. The first-order valence-electron chi connectivity index (χ1n) is 8.48. The van der Waals surface area contributed by atoms with Gasteiger partial charge >= 0.3 is 0 Å². The number of carbonyl (C=O) groups is 1. The van der Waals surface area contributed by atoms with Crippen LogP contribution >= 0.6 is 11.6 Å². The van der Waals surface area contributed by atoms with Crippen molar-refractivity contribution in [2.24, 2.45) is 0 Å². The highest BCUT2D eigenvalue weighted by Gasteiger charge is 2.45. The van der Waals surface area contributed by atoms with Gasteiger partial charge in [-0.15, -0.1) is 0 Å². The van der Waals surface area contributed by atoms with Gasteiger partial charge in [0, 0.05) is 17.3 Å². The van der Waals surface area contributed by atoms with Crippen molar-refractivity contribution in [1.29, 1.82) is 0 Å². The molecule has 0 aliphatic carbocycles. The van der Waals surface area contributed by atoms with Gasteiger partial charge in [-0.2, -0.15) is 0 Å². The zero-order valence-electron chi connectivity index (χ0n) is 14.5. The number of aromatic nitrogens is 2. The van der Waals surface area contributed by atoms with Crippen molar-refractivity contribution >= 4 is 34.3 Å². The highest BCUT2D eigenvalue weighted by molar-refractivity contribution is 6.31. The number of halogens is 1. The van der Waals surface area contributed by atoms with Gasteiger partial charge < -0.3 is 8.94 Å². The lowest BCUT2D eigenvalue weighted by Crippen LogP contribution is -2.30. The average Bonchev–Trinajstić information content (AvgIpc) is 3.24. The van der Waals surface area contributed by atoms with Crippen LogP contribution in [-0.4, -0.2) is 16.0 Å². The summed E-state index contributed by atoms with van der Waals surface area (Å²) in [7, 11) is 0. The molecule has 1 aliphatic heterocycles. The first kappa shape index (κ1) is 16.7. The van der Waals surface area contributed by atoms with Crippen molar-refractivity contribution in [3.05, 3.63) is 86.7 Å². The Hall–Kier alpha value is -3.45. The van der Waals surface area contributed by atoms with E-state index in [1.807, 2.05) is 0 Å². The molecule has 0 unspecified atom stereocenters. The largest absolute Gasteiger partial charge is 0.450 e. The highest BCUT2D eigenvalue weighted by atomic mass is 35.5. The molecule has 4 aromatic rings. The Morgan fingerprint density at radius 3 is 2.71 bits per heavy atom. The molecule has 138 valence electrons. The first-order chi connectivity index (χ1) is 13.5. The average molecular weight is 394 g/mol. The van der Waals surface area contributed by atoms with E-state index in [4.69, 9.17) is 20.5 Å². The standard InChI is InChI=1S/C20H12ClN3O4/c1-10-8-15(23-28-10)24-17(13-4-2-3-7-22-13)16-18(25)12-9-11(21)5-6-14(12)27-19(16)20(24)26/h2-9,17H,1H3/t17-/m1/s1. The van der Waals surface area contributed by atoms with Crippen LogP contribution in [0.5, 0.6) is 0 Å². The second-order valence-electron chi connectivity index (χ2n) is 6.44. The molecule has 28 heavy (non-hydrogen) atoms. The monoisotopic (exact) mass is 393 g/mol. The molecule has 1 atom stereocenters. The predicted molar refractivity (Wildman–Crippen MR) is 102 cm³/mol. The molecule has 8 heteroatoms. The quantitative estimate of drug-likeness (QED) is 0.513. The molecule has 3 aromatic heterocycles. The van der Waals surface area contributed by atoms with Gasteiger partial charge in [0.1, 0.15) is 17.4 Å². The zero-order chi connectivity index (χ0) is 19.4. The number of aryl methyl sites for hydroxylation is 1. The van der Waals surface area contributed by atoms with Crippen molar-refractivity contribution in [2.45, 2.75) is 13.0 Å². The number of hydrogen-bond acceptors (Lipinski definition) is 6. The first-order valence-corrected chi connectivity index (χ1v) is 8.86. The lowest BCUT2D eigenvalue weighted by Gasteiger charge is -2.21. The molecule has 0 spiro atoms. The fourth-order valence-corrected chi connectivity index (χ4v) is 3.64. The van der Waals surface area contributed by atoms with Crippen LogP contribution in [0.3, 0.4) is 0 Å². The minimum Gasteiger partial charge on any atom is -0.450 e. The van der Waals surface area contributed by atoms with Crippen molar-refractivity contribution in [1.82, 2.24) is 10.1 Å². The molecule has 0 radical (unpaired) electrons. The third-order valence-electron chi connectivity index (χ3n) is 4.66. The van der Waals surface area contributed by atoms with Crippen LogP contribution in [-0.2, 0) is 0 Å². The number of nitrogens with zero attached hydrogens (tertiary/aromatic N) is 3. The van der Waals surface area contributed by atoms with Gasteiger partial charge in [0.2, 0.25) is 5.76 Å². The Balaban J connectivity index is 1.84. The van der Waals surface area contributed by atoms with Crippen molar-refractivity contribution < 1.29 is 13.7 Å². The van der Waals surface area contributed by atoms with Gasteiger partial charge in [-0.1, -0.05) is 22.8 Å². The molecule has 5 rings (SSSR count). The summed E-state index contributed by atoms with van der Waals surface area (Å²) < 4.78 is 11.0. The van der Waals surface area contributed by atoms with Crippen molar-refractivity contribution in [2.75, 3.05) is 4.90 Å². The molecular weight excluding hydrogens is 382 g/mol. The van der Waals surface area contributed by atoms with E-state index in [2.05, 4.69) is 10.1 Å². The van der Waals surface area contributed by atoms with Gasteiger partial charge in [-0.3, -0.25) is 19.5 Å². The summed E-state index contributed by atoms with van der Waals surface area (Å²) in [6.07, 6.45) is 1.60. The number of rotatable bonds is 2. The normalized spacial score (nSPS) is 16.0. The fourth-order valence-electron chi connectivity index (χ4n) is 3.47. The van der Waals surface area contributed by atoms with E-state index in [9.17, 15) is 9.59 Å². The number of pyridine rings is 1. The zero-order valence-corrected chi connectivity index (χ0v) is 15.3. The summed E-state index contributed by atoms with van der Waals surface area (Å²) in [6, 6.07) is 10.8. The molecule has 0 N–H and O–H groups in total. The van der Waals surface area contributed by atoms with Crippen LogP contribution in [0, 0.1) is 6.92 Å². The van der Waals surface area contributed by atoms with Crippen molar-refractivity contribution in [3.8, 4) is 0 Å². The Bertz CT molecular complexity index is 1300. The van der Waals surface area contributed by atoms with E-state index in [0.717, 1.165) is 0 Å². The lowest BCUT2D eigenvalue weighted by atomic mass is 10.0. The summed E-state index contributed by atoms with van der Waals surface area (Å²) in [5, 5.41) is 4.67. The molecule has 0 fully saturated rings. The fraction of sp³-hybridized carbons (Fsp3) is 0.100. The minimum absolute atomic E-state index is 0.0314. The van der Waals surface area contributed by atoms with Crippen LogP contribution in [0.2, 0.25) is 5.02 Å². The molecule has 0 saturated carbocycles. The van der Waals surface area contributed by atoms with E-state index in [1.165, 1.54) is 11.0 Å². The van der Waals surface area contributed by atoms with Crippen LogP contribution < -0.4 is 10.3 Å². The number of benzene rings is 1. The Morgan fingerprint density at radius 2 is 2.00 bits per heavy atom. The number of amides is 1. The summed E-state index contributed by atoms with van der Waals surface area (Å²) >= 11 is 6.06. The third-order valence-corrected chi connectivity index (χ3v) is 4.90. The van der Waals surface area contributed by atoms with Crippen LogP contribution in [0.25, 0.3) is 11.0 Å². The summed E-state index contributed by atoms with van der Waals surface area (Å²) in [5.74, 6) is 0.310. The van der Waals surface area contributed by atoms with E-state index < -0.39 is 11.9 Å². The van der Waals surface area contributed by atoms with Crippen LogP contribution in [0.4, 0.5) is 5.82 Å². The maximum Gasteiger partial charge on any atom is 0.296 e. The van der Waals surface area contributed by atoms with E-state index in [-0.39, 0.29) is 22.6 Å². The number of anilines is 1. The van der Waals surface area contributed by atoms with Gasteiger partial charge in [0.05, 0.1) is 16.6 Å². The predicted octanol–water partition coefficient (Wildman–Crippen LogP) is 3.89. The summed E-state index contributed by atoms with van der Waals surface area (Å²) in [4.78, 5) is 32.3. The topological polar surface area (TPSA) is 89.4 Å². The maximum absolute atomic E-state index is 13.3. The second-order valence-corrected chi connectivity index (χ2v) is 6.88. The Labute approximate surface area is 163 Å². The second kappa shape index (κ2) is 6.03. The molecule has 7 nitrogen and oxygen atoms in total.